The maximum atomic E-state index is 13.6. The molecule has 6 heteroatoms. The number of carboxylic acids is 1. The lowest BCUT2D eigenvalue weighted by atomic mass is 10.1. The van der Waals surface area contributed by atoms with Crippen molar-refractivity contribution in [1.29, 1.82) is 0 Å². The third-order valence-electron chi connectivity index (χ3n) is 2.80. The molecule has 0 aliphatic carbocycles. The van der Waals surface area contributed by atoms with E-state index in [0.29, 0.717) is 5.69 Å². The second-order valence-electron chi connectivity index (χ2n) is 4.11. The van der Waals surface area contributed by atoms with E-state index in [1.165, 1.54) is 6.07 Å². The van der Waals surface area contributed by atoms with Crippen LogP contribution in [0.1, 0.15) is 17.3 Å². The van der Waals surface area contributed by atoms with Gasteiger partial charge in [0.2, 0.25) is 0 Å². The first-order valence-corrected chi connectivity index (χ1v) is 6.82. The van der Waals surface area contributed by atoms with Gasteiger partial charge in [-0.2, -0.15) is 11.8 Å². The Morgan fingerprint density at radius 1 is 1.61 bits per heavy atom. The molecule has 0 saturated carbocycles. The number of rotatable bonds is 5. The van der Waals surface area contributed by atoms with Crippen LogP contribution in [0, 0.1) is 5.82 Å². The molecule has 1 unspecified atom stereocenters. The highest BCUT2D eigenvalue weighted by atomic mass is 32.2. The molecule has 0 heterocycles. The first kappa shape index (κ1) is 14.6. The number of hydrogen-bond donors (Lipinski definition) is 2. The lowest BCUT2D eigenvalue weighted by Gasteiger charge is -2.28. The fraction of sp³-hybridized carbons (Fsp3) is 0.417. The van der Waals surface area contributed by atoms with Gasteiger partial charge in [0, 0.05) is 24.9 Å². The van der Waals surface area contributed by atoms with Gasteiger partial charge in [-0.15, -0.1) is 0 Å². The van der Waals surface area contributed by atoms with E-state index >= 15 is 0 Å². The Morgan fingerprint density at radius 3 is 2.72 bits per heavy atom. The molecule has 1 aromatic rings. The van der Waals surface area contributed by atoms with Gasteiger partial charge in [0.05, 0.1) is 16.9 Å². The summed E-state index contributed by atoms with van der Waals surface area (Å²) in [4.78, 5) is 12.6. The molecular weight excluding hydrogens is 255 g/mol. The van der Waals surface area contributed by atoms with E-state index in [1.54, 1.807) is 11.8 Å². The number of thioether (sulfide) groups is 1. The number of carbonyl (C=O) groups is 1. The minimum absolute atomic E-state index is 0.178. The third-order valence-corrected chi connectivity index (χ3v) is 3.61. The number of nitrogen functional groups attached to an aromatic ring is 1. The molecule has 0 bridgehead atoms. The van der Waals surface area contributed by atoms with Gasteiger partial charge in [-0.25, -0.2) is 9.18 Å². The van der Waals surface area contributed by atoms with Crippen molar-refractivity contribution in [1.82, 2.24) is 0 Å². The van der Waals surface area contributed by atoms with E-state index in [0.717, 1.165) is 11.8 Å². The number of carboxylic acid groups (broad SMARTS) is 1. The predicted octanol–water partition coefficient (Wildman–Crippen LogP) is 2.29. The van der Waals surface area contributed by atoms with Crippen LogP contribution in [0.4, 0.5) is 15.8 Å². The summed E-state index contributed by atoms with van der Waals surface area (Å²) in [5, 5.41) is 8.80. The Hall–Kier alpha value is -1.43. The normalized spacial score (nSPS) is 12.2. The van der Waals surface area contributed by atoms with Gasteiger partial charge in [0.1, 0.15) is 5.82 Å². The summed E-state index contributed by atoms with van der Waals surface area (Å²) in [6, 6.07) is 2.52. The molecule has 1 rings (SSSR count). The molecule has 0 amide bonds. The molecule has 1 aromatic carbocycles. The topological polar surface area (TPSA) is 66.6 Å². The van der Waals surface area contributed by atoms with E-state index in [2.05, 4.69) is 0 Å². The maximum absolute atomic E-state index is 13.6. The summed E-state index contributed by atoms with van der Waals surface area (Å²) in [7, 11) is 1.81. The summed E-state index contributed by atoms with van der Waals surface area (Å²) in [5.41, 5.74) is 6.16. The highest BCUT2D eigenvalue weighted by Crippen LogP contribution is 2.27. The van der Waals surface area contributed by atoms with Crippen LogP contribution < -0.4 is 10.6 Å². The van der Waals surface area contributed by atoms with Crippen molar-refractivity contribution in [3.63, 3.8) is 0 Å². The second-order valence-corrected chi connectivity index (χ2v) is 5.02. The Bertz CT molecular complexity index is 454. The van der Waals surface area contributed by atoms with E-state index in [1.807, 2.05) is 25.1 Å². The van der Waals surface area contributed by atoms with Crippen molar-refractivity contribution in [2.75, 3.05) is 29.7 Å². The average Bonchev–Trinajstić information content (AvgIpc) is 2.30. The van der Waals surface area contributed by atoms with Crippen molar-refractivity contribution in [2.24, 2.45) is 0 Å². The van der Waals surface area contributed by atoms with E-state index in [-0.39, 0.29) is 11.7 Å². The van der Waals surface area contributed by atoms with Crippen molar-refractivity contribution in [3.05, 3.63) is 23.5 Å². The van der Waals surface area contributed by atoms with Crippen molar-refractivity contribution in [3.8, 4) is 0 Å². The fourth-order valence-electron chi connectivity index (χ4n) is 1.64. The van der Waals surface area contributed by atoms with Gasteiger partial charge in [0.25, 0.3) is 0 Å². The molecule has 100 valence electrons. The summed E-state index contributed by atoms with van der Waals surface area (Å²) in [6.45, 7) is 2.00. The molecule has 0 spiro atoms. The molecule has 3 N–H and O–H groups in total. The molecule has 0 fully saturated rings. The van der Waals surface area contributed by atoms with Gasteiger partial charge >= 0.3 is 5.97 Å². The average molecular weight is 272 g/mol. The predicted molar refractivity (Wildman–Crippen MR) is 74.0 cm³/mol. The molecule has 0 aliphatic rings. The monoisotopic (exact) mass is 272 g/mol. The molecule has 0 saturated heterocycles. The summed E-state index contributed by atoms with van der Waals surface area (Å²) in [5.74, 6) is -1.21. The second kappa shape index (κ2) is 5.95. The molecule has 4 nitrogen and oxygen atoms in total. The first-order chi connectivity index (χ1) is 8.38. The highest BCUT2D eigenvalue weighted by Gasteiger charge is 2.18. The van der Waals surface area contributed by atoms with Gasteiger partial charge in [-0.05, 0) is 19.2 Å². The minimum atomic E-state index is -1.31. The Kier molecular flexibility index (Phi) is 4.84. The number of halogens is 1. The van der Waals surface area contributed by atoms with E-state index < -0.39 is 17.3 Å². The number of nitrogens with zero attached hydrogens (tertiary/aromatic N) is 1. The van der Waals surface area contributed by atoms with Crippen LogP contribution in [0.2, 0.25) is 0 Å². The quantitative estimate of drug-likeness (QED) is 0.805. The van der Waals surface area contributed by atoms with E-state index in [4.69, 9.17) is 10.8 Å². The van der Waals surface area contributed by atoms with Crippen LogP contribution in [0.25, 0.3) is 0 Å². The van der Waals surface area contributed by atoms with Crippen LogP contribution in [-0.2, 0) is 0 Å². The Balaban J connectivity index is 3.11. The van der Waals surface area contributed by atoms with Crippen LogP contribution in [0.5, 0.6) is 0 Å². The van der Waals surface area contributed by atoms with Crippen LogP contribution in [0.15, 0.2) is 12.1 Å². The van der Waals surface area contributed by atoms with Crippen LogP contribution >= 0.6 is 11.8 Å². The number of hydrogen-bond acceptors (Lipinski definition) is 4. The van der Waals surface area contributed by atoms with Gasteiger partial charge < -0.3 is 15.7 Å². The number of aromatic carboxylic acids is 1. The first-order valence-electron chi connectivity index (χ1n) is 5.42. The smallest absolute Gasteiger partial charge is 0.338 e. The lowest BCUT2D eigenvalue weighted by Crippen LogP contribution is -2.31. The molecule has 0 aliphatic heterocycles. The van der Waals surface area contributed by atoms with Gasteiger partial charge in [-0.1, -0.05) is 0 Å². The number of anilines is 2. The zero-order valence-electron chi connectivity index (χ0n) is 10.6. The minimum Gasteiger partial charge on any atom is -0.478 e. The van der Waals surface area contributed by atoms with Gasteiger partial charge in [0.15, 0.2) is 0 Å². The lowest BCUT2D eigenvalue weighted by molar-refractivity contribution is 0.0692. The van der Waals surface area contributed by atoms with Crippen molar-refractivity contribution < 1.29 is 14.3 Å². The highest BCUT2D eigenvalue weighted by molar-refractivity contribution is 7.98. The molecule has 0 radical (unpaired) electrons. The Labute approximate surface area is 110 Å². The van der Waals surface area contributed by atoms with Crippen molar-refractivity contribution >= 4 is 29.1 Å². The largest absolute Gasteiger partial charge is 0.478 e. The SMILES string of the molecule is CSCC(C)N(C)c1cc(F)c(C(=O)O)cc1N. The van der Waals surface area contributed by atoms with Crippen molar-refractivity contribution in [2.45, 2.75) is 13.0 Å². The zero-order valence-corrected chi connectivity index (χ0v) is 11.4. The standard InChI is InChI=1S/C12H17FN2O2S/c1-7(6-18-3)15(2)11-5-9(13)8(12(16)17)4-10(11)14/h4-5,7H,6,14H2,1-3H3,(H,16,17). The molecule has 0 aromatic heterocycles. The summed E-state index contributed by atoms with van der Waals surface area (Å²) >= 11 is 1.68. The molecule has 1 atom stereocenters. The van der Waals surface area contributed by atoms with Crippen LogP contribution in [0.3, 0.4) is 0 Å². The fourth-order valence-corrected chi connectivity index (χ4v) is 2.35. The van der Waals surface area contributed by atoms with E-state index in [9.17, 15) is 9.18 Å². The molecule has 18 heavy (non-hydrogen) atoms. The number of benzene rings is 1. The van der Waals surface area contributed by atoms with Crippen LogP contribution in [-0.4, -0.2) is 36.2 Å². The summed E-state index contributed by atoms with van der Waals surface area (Å²) in [6.07, 6.45) is 1.99. The third kappa shape index (κ3) is 3.07. The maximum Gasteiger partial charge on any atom is 0.338 e. The Morgan fingerprint density at radius 2 is 2.22 bits per heavy atom. The number of nitrogens with two attached hydrogens (primary N) is 1. The van der Waals surface area contributed by atoms with Gasteiger partial charge in [-0.3, -0.25) is 0 Å². The molecular formula is C12H17FN2O2S. The zero-order chi connectivity index (χ0) is 13.9. The summed E-state index contributed by atoms with van der Waals surface area (Å²) < 4.78 is 13.6.